The van der Waals surface area contributed by atoms with Crippen molar-refractivity contribution in [2.75, 3.05) is 33.8 Å². The Labute approximate surface area is 123 Å². The molecule has 0 spiro atoms. The lowest BCUT2D eigenvalue weighted by molar-refractivity contribution is 0.192. The highest BCUT2D eigenvalue weighted by atomic mass is 16.5. The molecule has 3 heteroatoms. The lowest BCUT2D eigenvalue weighted by atomic mass is 9.85. The van der Waals surface area contributed by atoms with Crippen LogP contribution in [0.2, 0.25) is 0 Å². The molecule has 112 valence electrons. The van der Waals surface area contributed by atoms with Crippen molar-refractivity contribution in [3.8, 4) is 5.75 Å². The quantitative estimate of drug-likeness (QED) is 0.789. The Morgan fingerprint density at radius 1 is 1.40 bits per heavy atom. The molecular formula is C17H28N2O. The zero-order valence-electron chi connectivity index (χ0n) is 13.1. The van der Waals surface area contributed by atoms with Gasteiger partial charge in [0.05, 0.1) is 7.11 Å². The van der Waals surface area contributed by atoms with Gasteiger partial charge in [-0.05, 0) is 50.0 Å². The van der Waals surface area contributed by atoms with E-state index in [1.807, 2.05) is 6.07 Å². The van der Waals surface area contributed by atoms with Gasteiger partial charge in [0.25, 0.3) is 0 Å². The van der Waals surface area contributed by atoms with Crippen LogP contribution in [0.1, 0.15) is 37.8 Å². The molecule has 1 atom stereocenters. The molecule has 0 amide bonds. The third-order valence-electron chi connectivity index (χ3n) is 4.24. The van der Waals surface area contributed by atoms with E-state index < -0.39 is 0 Å². The van der Waals surface area contributed by atoms with Gasteiger partial charge < -0.3 is 15.0 Å². The SMILES string of the molecule is CCNC(CN(C)CC1CCC1)c1cccc(OC)c1. The molecule has 0 aromatic heterocycles. The first-order valence-electron chi connectivity index (χ1n) is 7.78. The maximum atomic E-state index is 5.34. The molecule has 2 rings (SSSR count). The smallest absolute Gasteiger partial charge is 0.119 e. The molecule has 1 N–H and O–H groups in total. The van der Waals surface area contributed by atoms with Gasteiger partial charge in [0.2, 0.25) is 0 Å². The summed E-state index contributed by atoms with van der Waals surface area (Å²) in [5.74, 6) is 1.86. The third-order valence-corrected chi connectivity index (χ3v) is 4.24. The Kier molecular flexibility index (Phi) is 5.86. The van der Waals surface area contributed by atoms with Gasteiger partial charge in [-0.15, -0.1) is 0 Å². The molecule has 1 fully saturated rings. The number of nitrogens with one attached hydrogen (secondary N) is 1. The van der Waals surface area contributed by atoms with Crippen LogP contribution in [0.25, 0.3) is 0 Å². The molecule has 1 aromatic rings. The number of benzene rings is 1. The Morgan fingerprint density at radius 3 is 2.80 bits per heavy atom. The van der Waals surface area contributed by atoms with Crippen molar-refractivity contribution < 1.29 is 4.74 Å². The number of rotatable bonds is 8. The first kappa shape index (κ1) is 15.3. The summed E-state index contributed by atoms with van der Waals surface area (Å²) in [6, 6.07) is 8.78. The first-order chi connectivity index (χ1) is 9.72. The van der Waals surface area contributed by atoms with Crippen LogP contribution in [-0.4, -0.2) is 38.7 Å². The molecule has 0 radical (unpaired) electrons. The van der Waals surface area contributed by atoms with Crippen molar-refractivity contribution in [3.63, 3.8) is 0 Å². The summed E-state index contributed by atoms with van der Waals surface area (Å²) in [4.78, 5) is 2.47. The van der Waals surface area contributed by atoms with Crippen LogP contribution in [0.3, 0.4) is 0 Å². The molecule has 1 aromatic carbocycles. The largest absolute Gasteiger partial charge is 0.497 e. The number of hydrogen-bond donors (Lipinski definition) is 1. The van der Waals surface area contributed by atoms with Gasteiger partial charge in [0.15, 0.2) is 0 Å². The minimum Gasteiger partial charge on any atom is -0.497 e. The van der Waals surface area contributed by atoms with Gasteiger partial charge in [-0.1, -0.05) is 25.5 Å². The fourth-order valence-electron chi connectivity index (χ4n) is 2.89. The van der Waals surface area contributed by atoms with Crippen molar-refractivity contribution in [2.24, 2.45) is 5.92 Å². The molecule has 0 bridgehead atoms. The Bertz CT molecular complexity index is 404. The van der Waals surface area contributed by atoms with Crippen molar-refractivity contribution in [1.29, 1.82) is 0 Å². The average Bonchev–Trinajstić information content (AvgIpc) is 2.42. The van der Waals surface area contributed by atoms with Crippen LogP contribution in [0.15, 0.2) is 24.3 Å². The van der Waals surface area contributed by atoms with Gasteiger partial charge in [0.1, 0.15) is 5.75 Å². The van der Waals surface area contributed by atoms with E-state index in [1.54, 1.807) is 7.11 Å². The van der Waals surface area contributed by atoms with Crippen LogP contribution in [-0.2, 0) is 0 Å². The molecule has 1 aliphatic rings. The van der Waals surface area contributed by atoms with Crippen molar-refractivity contribution in [2.45, 2.75) is 32.2 Å². The molecule has 0 heterocycles. The third kappa shape index (κ3) is 4.22. The summed E-state index contributed by atoms with van der Waals surface area (Å²) in [6.07, 6.45) is 4.25. The van der Waals surface area contributed by atoms with Gasteiger partial charge >= 0.3 is 0 Å². The molecule has 20 heavy (non-hydrogen) atoms. The monoisotopic (exact) mass is 276 g/mol. The van der Waals surface area contributed by atoms with Crippen LogP contribution in [0.4, 0.5) is 0 Å². The van der Waals surface area contributed by atoms with E-state index in [1.165, 1.54) is 31.4 Å². The number of likely N-dealkylation sites (N-methyl/N-ethyl adjacent to an activating group) is 2. The van der Waals surface area contributed by atoms with E-state index in [0.29, 0.717) is 6.04 Å². The number of ether oxygens (including phenoxy) is 1. The number of methoxy groups -OCH3 is 1. The molecular weight excluding hydrogens is 248 g/mol. The summed E-state index contributed by atoms with van der Waals surface area (Å²) < 4.78 is 5.34. The van der Waals surface area contributed by atoms with Crippen molar-refractivity contribution >= 4 is 0 Å². The zero-order chi connectivity index (χ0) is 14.4. The van der Waals surface area contributed by atoms with E-state index in [9.17, 15) is 0 Å². The predicted octanol–water partition coefficient (Wildman–Crippen LogP) is 3.08. The first-order valence-corrected chi connectivity index (χ1v) is 7.78. The van der Waals surface area contributed by atoms with Crippen molar-refractivity contribution in [1.82, 2.24) is 10.2 Å². The molecule has 0 aliphatic heterocycles. The molecule has 1 saturated carbocycles. The van der Waals surface area contributed by atoms with E-state index in [0.717, 1.165) is 24.8 Å². The van der Waals surface area contributed by atoms with E-state index in [-0.39, 0.29) is 0 Å². The minimum atomic E-state index is 0.375. The van der Waals surface area contributed by atoms with E-state index in [4.69, 9.17) is 4.74 Å². The minimum absolute atomic E-state index is 0.375. The lowest BCUT2D eigenvalue weighted by Gasteiger charge is -2.32. The highest BCUT2D eigenvalue weighted by molar-refractivity contribution is 5.30. The Balaban J connectivity index is 1.97. The summed E-state index contributed by atoms with van der Waals surface area (Å²) in [6.45, 7) is 5.43. The maximum Gasteiger partial charge on any atom is 0.119 e. The Morgan fingerprint density at radius 2 is 2.20 bits per heavy atom. The second-order valence-electron chi connectivity index (χ2n) is 5.91. The fraction of sp³-hybridized carbons (Fsp3) is 0.647. The van der Waals surface area contributed by atoms with Gasteiger partial charge in [-0.25, -0.2) is 0 Å². The fourth-order valence-corrected chi connectivity index (χ4v) is 2.89. The van der Waals surface area contributed by atoms with Gasteiger partial charge in [-0.3, -0.25) is 0 Å². The molecule has 1 aliphatic carbocycles. The highest BCUT2D eigenvalue weighted by Crippen LogP contribution is 2.27. The normalized spacial score (nSPS) is 17.0. The average molecular weight is 276 g/mol. The summed E-state index contributed by atoms with van der Waals surface area (Å²) in [5, 5.41) is 3.59. The number of hydrogen-bond acceptors (Lipinski definition) is 3. The summed E-state index contributed by atoms with van der Waals surface area (Å²) in [7, 11) is 3.97. The highest BCUT2D eigenvalue weighted by Gasteiger charge is 2.21. The predicted molar refractivity (Wildman–Crippen MR) is 84.2 cm³/mol. The topological polar surface area (TPSA) is 24.5 Å². The van der Waals surface area contributed by atoms with E-state index in [2.05, 4.69) is 42.4 Å². The molecule has 1 unspecified atom stereocenters. The van der Waals surface area contributed by atoms with Crippen molar-refractivity contribution in [3.05, 3.63) is 29.8 Å². The zero-order valence-corrected chi connectivity index (χ0v) is 13.1. The van der Waals surface area contributed by atoms with Gasteiger partial charge in [-0.2, -0.15) is 0 Å². The van der Waals surface area contributed by atoms with Crippen LogP contribution < -0.4 is 10.1 Å². The standard InChI is InChI=1S/C17H28N2O/c1-4-18-17(13-19(2)12-14-7-5-8-14)15-9-6-10-16(11-15)20-3/h6,9-11,14,17-18H,4-5,7-8,12-13H2,1-3H3. The molecule has 3 nitrogen and oxygen atoms in total. The van der Waals surface area contributed by atoms with Crippen LogP contribution in [0.5, 0.6) is 5.75 Å². The molecule has 0 saturated heterocycles. The van der Waals surface area contributed by atoms with Crippen LogP contribution in [0, 0.1) is 5.92 Å². The summed E-state index contributed by atoms with van der Waals surface area (Å²) >= 11 is 0. The second-order valence-corrected chi connectivity index (χ2v) is 5.91. The van der Waals surface area contributed by atoms with Crippen LogP contribution >= 0.6 is 0 Å². The van der Waals surface area contributed by atoms with Gasteiger partial charge in [0, 0.05) is 19.1 Å². The summed E-state index contributed by atoms with van der Waals surface area (Å²) in [5.41, 5.74) is 1.31. The maximum absolute atomic E-state index is 5.34. The lowest BCUT2D eigenvalue weighted by Crippen LogP contribution is -2.37. The second kappa shape index (κ2) is 7.65. The number of nitrogens with zero attached hydrogens (tertiary/aromatic N) is 1. The van der Waals surface area contributed by atoms with E-state index >= 15 is 0 Å². The Hall–Kier alpha value is -1.06.